The molecule has 6 nitrogen and oxygen atoms in total. The number of ether oxygens (including phenoxy) is 1. The van der Waals surface area contributed by atoms with E-state index >= 15 is 0 Å². The highest BCUT2D eigenvalue weighted by molar-refractivity contribution is 7.09. The van der Waals surface area contributed by atoms with E-state index in [-0.39, 0.29) is 5.91 Å². The summed E-state index contributed by atoms with van der Waals surface area (Å²) in [5.74, 6) is -0.0184. The van der Waals surface area contributed by atoms with Crippen LogP contribution in [0.3, 0.4) is 0 Å². The fraction of sp³-hybridized carbons (Fsp3) is 0.438. The average molecular weight is 332 g/mol. The first kappa shape index (κ1) is 16.0. The molecule has 0 unspecified atom stereocenters. The maximum Gasteiger partial charge on any atom is 0.254 e. The number of pyridine rings is 1. The quantitative estimate of drug-likeness (QED) is 0.833. The standard InChI is InChI=1S/C16H20N4O2S/c1-19(16(21)13-2-4-17-5-3-13)10-14-12-23-15(18-14)11-20-6-8-22-9-7-20/h2-5,12H,6-11H2,1H3. The van der Waals surface area contributed by atoms with Gasteiger partial charge in [-0.3, -0.25) is 14.7 Å². The van der Waals surface area contributed by atoms with Crippen LogP contribution in [0.15, 0.2) is 29.9 Å². The molecule has 1 aliphatic rings. The SMILES string of the molecule is CN(Cc1csc(CN2CCOCC2)n1)C(=O)c1ccncc1. The van der Waals surface area contributed by atoms with Gasteiger partial charge in [-0.1, -0.05) is 0 Å². The second kappa shape index (κ2) is 7.63. The Morgan fingerprint density at radius 1 is 1.35 bits per heavy atom. The highest BCUT2D eigenvalue weighted by Crippen LogP contribution is 2.15. The number of hydrogen-bond acceptors (Lipinski definition) is 6. The second-order valence-electron chi connectivity index (χ2n) is 5.52. The largest absolute Gasteiger partial charge is 0.379 e. The summed E-state index contributed by atoms with van der Waals surface area (Å²) in [5.41, 5.74) is 1.58. The molecule has 0 radical (unpaired) electrons. The first-order valence-corrected chi connectivity index (χ1v) is 8.49. The molecule has 0 spiro atoms. The topological polar surface area (TPSA) is 58.6 Å². The van der Waals surface area contributed by atoms with E-state index in [1.165, 1.54) is 0 Å². The third-order valence-corrected chi connectivity index (χ3v) is 4.62. The van der Waals surface area contributed by atoms with Crippen LogP contribution < -0.4 is 0 Å². The maximum absolute atomic E-state index is 12.3. The predicted molar refractivity (Wildman–Crippen MR) is 88.2 cm³/mol. The van der Waals surface area contributed by atoms with Gasteiger partial charge in [0.15, 0.2) is 0 Å². The van der Waals surface area contributed by atoms with E-state index in [4.69, 9.17) is 4.74 Å². The normalized spacial score (nSPS) is 15.5. The van der Waals surface area contributed by atoms with Crippen LogP contribution in [-0.2, 0) is 17.8 Å². The maximum atomic E-state index is 12.3. The minimum atomic E-state index is -0.0184. The van der Waals surface area contributed by atoms with Crippen LogP contribution in [0, 0.1) is 0 Å². The molecule has 0 N–H and O–H groups in total. The van der Waals surface area contributed by atoms with Crippen LogP contribution in [0.5, 0.6) is 0 Å². The predicted octanol–water partition coefficient (Wildman–Crippen LogP) is 1.64. The highest BCUT2D eigenvalue weighted by Gasteiger charge is 2.15. The van der Waals surface area contributed by atoms with Crippen LogP contribution in [0.25, 0.3) is 0 Å². The lowest BCUT2D eigenvalue weighted by Gasteiger charge is -2.25. The number of thiazole rings is 1. The molecule has 0 aliphatic carbocycles. The van der Waals surface area contributed by atoms with E-state index in [2.05, 4.69) is 14.9 Å². The molecule has 0 atom stereocenters. The summed E-state index contributed by atoms with van der Waals surface area (Å²) in [7, 11) is 1.80. The number of hydrogen-bond donors (Lipinski definition) is 0. The molecule has 0 saturated carbocycles. The third-order valence-electron chi connectivity index (χ3n) is 3.74. The van der Waals surface area contributed by atoms with Gasteiger partial charge in [0.2, 0.25) is 0 Å². The van der Waals surface area contributed by atoms with Crippen molar-refractivity contribution in [3.05, 3.63) is 46.2 Å². The van der Waals surface area contributed by atoms with Crippen molar-refractivity contribution in [2.24, 2.45) is 0 Å². The van der Waals surface area contributed by atoms with Crippen LogP contribution in [0.1, 0.15) is 21.1 Å². The second-order valence-corrected chi connectivity index (χ2v) is 6.46. The first-order chi connectivity index (χ1) is 11.2. The summed E-state index contributed by atoms with van der Waals surface area (Å²) >= 11 is 1.65. The van der Waals surface area contributed by atoms with Gasteiger partial charge in [-0.05, 0) is 12.1 Å². The van der Waals surface area contributed by atoms with Crippen LogP contribution in [0.2, 0.25) is 0 Å². The Hall–Kier alpha value is -1.83. The zero-order chi connectivity index (χ0) is 16.1. The summed E-state index contributed by atoms with van der Waals surface area (Å²) in [6.45, 7) is 4.87. The fourth-order valence-electron chi connectivity index (χ4n) is 2.47. The van der Waals surface area contributed by atoms with Gasteiger partial charge < -0.3 is 9.64 Å². The van der Waals surface area contributed by atoms with Gasteiger partial charge in [-0.2, -0.15) is 0 Å². The molecule has 3 heterocycles. The van der Waals surface area contributed by atoms with Crippen molar-refractivity contribution in [3.63, 3.8) is 0 Å². The van der Waals surface area contributed by atoms with Crippen molar-refractivity contribution in [1.82, 2.24) is 19.8 Å². The molecular formula is C16H20N4O2S. The monoisotopic (exact) mass is 332 g/mol. The Labute approximate surface area is 139 Å². The van der Waals surface area contributed by atoms with E-state index in [1.54, 1.807) is 47.8 Å². The summed E-state index contributed by atoms with van der Waals surface area (Å²) in [5, 5.41) is 3.12. The number of morpholine rings is 1. The Bertz CT molecular complexity index is 641. The van der Waals surface area contributed by atoms with Crippen molar-refractivity contribution in [2.45, 2.75) is 13.1 Å². The number of carbonyl (C=O) groups is 1. The zero-order valence-electron chi connectivity index (χ0n) is 13.1. The van der Waals surface area contributed by atoms with E-state index in [0.29, 0.717) is 12.1 Å². The van der Waals surface area contributed by atoms with Crippen molar-refractivity contribution >= 4 is 17.2 Å². The summed E-state index contributed by atoms with van der Waals surface area (Å²) < 4.78 is 5.36. The lowest BCUT2D eigenvalue weighted by molar-refractivity contribution is 0.0341. The zero-order valence-corrected chi connectivity index (χ0v) is 14.0. The van der Waals surface area contributed by atoms with Crippen LogP contribution in [-0.4, -0.2) is 59.0 Å². The molecule has 2 aromatic rings. The summed E-state index contributed by atoms with van der Waals surface area (Å²) in [6.07, 6.45) is 3.26. The summed E-state index contributed by atoms with van der Waals surface area (Å²) in [6, 6.07) is 3.45. The van der Waals surface area contributed by atoms with Gasteiger partial charge >= 0.3 is 0 Å². The molecule has 1 aliphatic heterocycles. The van der Waals surface area contributed by atoms with E-state index in [1.807, 2.05) is 5.38 Å². The fourth-order valence-corrected chi connectivity index (χ4v) is 3.30. The van der Waals surface area contributed by atoms with Gasteiger partial charge in [0, 0.05) is 43.5 Å². The Morgan fingerprint density at radius 2 is 2.09 bits per heavy atom. The van der Waals surface area contributed by atoms with Crippen molar-refractivity contribution < 1.29 is 9.53 Å². The highest BCUT2D eigenvalue weighted by atomic mass is 32.1. The first-order valence-electron chi connectivity index (χ1n) is 7.61. The summed E-state index contributed by atoms with van der Waals surface area (Å²) in [4.78, 5) is 24.9. The van der Waals surface area contributed by atoms with Crippen molar-refractivity contribution in [1.29, 1.82) is 0 Å². The van der Waals surface area contributed by atoms with Gasteiger partial charge in [-0.15, -0.1) is 11.3 Å². The molecule has 0 bridgehead atoms. The third kappa shape index (κ3) is 4.34. The molecule has 0 aromatic carbocycles. The molecule has 1 fully saturated rings. The van der Waals surface area contributed by atoms with E-state index in [0.717, 1.165) is 43.5 Å². The van der Waals surface area contributed by atoms with Crippen molar-refractivity contribution in [3.8, 4) is 0 Å². The molecule has 1 saturated heterocycles. The van der Waals surface area contributed by atoms with Crippen LogP contribution in [0.4, 0.5) is 0 Å². The minimum absolute atomic E-state index is 0.0184. The number of aromatic nitrogens is 2. The van der Waals surface area contributed by atoms with Crippen LogP contribution >= 0.6 is 11.3 Å². The van der Waals surface area contributed by atoms with Crippen molar-refractivity contribution in [2.75, 3.05) is 33.4 Å². The molecule has 7 heteroatoms. The average Bonchev–Trinajstić information content (AvgIpc) is 3.02. The van der Waals surface area contributed by atoms with E-state index < -0.39 is 0 Å². The minimum Gasteiger partial charge on any atom is -0.379 e. The molecule has 3 rings (SSSR count). The molecule has 23 heavy (non-hydrogen) atoms. The van der Waals surface area contributed by atoms with E-state index in [9.17, 15) is 4.79 Å². The lowest BCUT2D eigenvalue weighted by Crippen LogP contribution is -2.35. The molecular weight excluding hydrogens is 312 g/mol. The van der Waals surface area contributed by atoms with Gasteiger partial charge in [0.25, 0.3) is 5.91 Å². The number of amides is 1. The Balaban J connectivity index is 1.56. The van der Waals surface area contributed by atoms with Gasteiger partial charge in [0.05, 0.1) is 32.0 Å². The molecule has 1 amide bonds. The molecule has 2 aromatic heterocycles. The molecule has 122 valence electrons. The number of nitrogens with zero attached hydrogens (tertiary/aromatic N) is 4. The van der Waals surface area contributed by atoms with Gasteiger partial charge in [-0.25, -0.2) is 4.98 Å². The number of rotatable bonds is 5. The Kier molecular flexibility index (Phi) is 5.32. The number of carbonyl (C=O) groups excluding carboxylic acids is 1. The van der Waals surface area contributed by atoms with Gasteiger partial charge in [0.1, 0.15) is 5.01 Å². The smallest absolute Gasteiger partial charge is 0.254 e. The lowest BCUT2D eigenvalue weighted by atomic mass is 10.2. The Morgan fingerprint density at radius 3 is 2.83 bits per heavy atom.